The maximum absolute atomic E-state index is 11.8. The Hall–Kier alpha value is -1.31. The summed E-state index contributed by atoms with van der Waals surface area (Å²) in [5.74, 6) is -1.45. The Morgan fingerprint density at radius 3 is 2.63 bits per heavy atom. The van der Waals surface area contributed by atoms with Gasteiger partial charge in [0, 0.05) is 19.1 Å². The van der Waals surface area contributed by atoms with Gasteiger partial charge in [0.15, 0.2) is 9.84 Å². The summed E-state index contributed by atoms with van der Waals surface area (Å²) in [5, 5.41) is 11.3. The first kappa shape index (κ1) is 15.7. The summed E-state index contributed by atoms with van der Waals surface area (Å²) < 4.78 is 22.8. The predicted molar refractivity (Wildman–Crippen MR) is 69.6 cm³/mol. The van der Waals surface area contributed by atoms with Crippen LogP contribution in [0.5, 0.6) is 0 Å². The van der Waals surface area contributed by atoms with E-state index >= 15 is 0 Å². The van der Waals surface area contributed by atoms with Crippen LogP contribution in [0.3, 0.4) is 0 Å². The number of hydrogen-bond donors (Lipinski definition) is 2. The molecule has 0 bridgehead atoms. The van der Waals surface area contributed by atoms with Crippen molar-refractivity contribution in [3.8, 4) is 0 Å². The Labute approximate surface area is 112 Å². The Kier molecular flexibility index (Phi) is 5.16. The third kappa shape index (κ3) is 4.70. The predicted octanol–water partition coefficient (Wildman–Crippen LogP) is -0.0743. The molecule has 7 nitrogen and oxygen atoms in total. The van der Waals surface area contributed by atoms with Gasteiger partial charge in [-0.3, -0.25) is 4.79 Å². The summed E-state index contributed by atoms with van der Waals surface area (Å²) in [6, 6.07) is -0.685. The molecule has 2 unspecified atom stereocenters. The van der Waals surface area contributed by atoms with Gasteiger partial charge in [-0.15, -0.1) is 0 Å². The van der Waals surface area contributed by atoms with Gasteiger partial charge in [-0.2, -0.15) is 0 Å². The van der Waals surface area contributed by atoms with E-state index < -0.39 is 21.7 Å². The van der Waals surface area contributed by atoms with Gasteiger partial charge in [-0.25, -0.2) is 13.2 Å². The Bertz CT molecular complexity index is 448. The normalized spacial score (nSPS) is 23.7. The van der Waals surface area contributed by atoms with Gasteiger partial charge in [0.2, 0.25) is 0 Å². The molecule has 1 rings (SSSR count). The van der Waals surface area contributed by atoms with Crippen LogP contribution < -0.4 is 5.32 Å². The van der Waals surface area contributed by atoms with Crippen molar-refractivity contribution in [2.24, 2.45) is 5.92 Å². The highest BCUT2D eigenvalue weighted by Crippen LogP contribution is 2.11. The van der Waals surface area contributed by atoms with Gasteiger partial charge in [0.25, 0.3) is 0 Å². The molecule has 0 aromatic rings. The molecule has 0 aromatic carbocycles. The van der Waals surface area contributed by atoms with Crippen LogP contribution in [-0.4, -0.2) is 61.1 Å². The minimum atomic E-state index is -3.04. The molecule has 1 aliphatic rings. The molecule has 2 N–H and O–H groups in total. The quantitative estimate of drug-likeness (QED) is 0.754. The summed E-state index contributed by atoms with van der Waals surface area (Å²) in [7, 11) is -3.04. The second kappa shape index (κ2) is 6.23. The maximum atomic E-state index is 11.8. The SMILES string of the molecule is CC(CCNC(=O)N1CCS(=O)(=O)CC1C)C(=O)O. The van der Waals surface area contributed by atoms with Gasteiger partial charge >= 0.3 is 12.0 Å². The Morgan fingerprint density at radius 1 is 1.47 bits per heavy atom. The zero-order chi connectivity index (χ0) is 14.6. The van der Waals surface area contributed by atoms with E-state index in [0.29, 0.717) is 6.42 Å². The third-order valence-electron chi connectivity index (χ3n) is 3.21. The number of nitrogens with zero attached hydrogens (tertiary/aromatic N) is 1. The van der Waals surface area contributed by atoms with Crippen LogP contribution in [0.1, 0.15) is 20.3 Å². The van der Waals surface area contributed by atoms with Gasteiger partial charge in [0.05, 0.1) is 17.4 Å². The average molecular weight is 292 g/mol. The molecule has 1 heterocycles. The van der Waals surface area contributed by atoms with Crippen LogP contribution >= 0.6 is 0 Å². The molecule has 1 fully saturated rings. The second-order valence-electron chi connectivity index (χ2n) is 4.92. The van der Waals surface area contributed by atoms with Crippen LogP contribution in [-0.2, 0) is 14.6 Å². The first-order valence-electron chi connectivity index (χ1n) is 6.20. The summed E-state index contributed by atoms with van der Waals surface area (Å²) >= 11 is 0. The molecular formula is C11H20N2O5S. The van der Waals surface area contributed by atoms with E-state index in [1.807, 2.05) is 0 Å². The highest BCUT2D eigenvalue weighted by Gasteiger charge is 2.31. The van der Waals surface area contributed by atoms with Crippen molar-refractivity contribution < 1.29 is 23.1 Å². The molecule has 2 atom stereocenters. The third-order valence-corrected chi connectivity index (χ3v) is 5.00. The number of rotatable bonds is 4. The lowest BCUT2D eigenvalue weighted by Crippen LogP contribution is -2.53. The molecule has 2 amide bonds. The topological polar surface area (TPSA) is 104 Å². The fraction of sp³-hybridized carbons (Fsp3) is 0.818. The van der Waals surface area contributed by atoms with Gasteiger partial charge in [-0.05, 0) is 13.3 Å². The molecule has 0 radical (unpaired) electrons. The lowest BCUT2D eigenvalue weighted by molar-refractivity contribution is -0.141. The van der Waals surface area contributed by atoms with Gasteiger partial charge < -0.3 is 15.3 Å². The van der Waals surface area contributed by atoms with Crippen LogP contribution in [0.4, 0.5) is 4.79 Å². The highest BCUT2D eigenvalue weighted by atomic mass is 32.2. The number of carboxylic acids is 1. The molecule has 19 heavy (non-hydrogen) atoms. The standard InChI is InChI=1S/C11H20N2O5S/c1-8(10(14)15)3-4-12-11(16)13-5-6-19(17,18)7-9(13)2/h8-9H,3-7H2,1-2H3,(H,12,16)(H,14,15). The molecule has 1 saturated heterocycles. The number of aliphatic carboxylic acids is 1. The number of nitrogens with one attached hydrogen (secondary N) is 1. The van der Waals surface area contributed by atoms with E-state index in [1.165, 1.54) is 4.90 Å². The number of carboxylic acid groups (broad SMARTS) is 1. The monoisotopic (exact) mass is 292 g/mol. The molecule has 8 heteroatoms. The van der Waals surface area contributed by atoms with Crippen molar-refractivity contribution in [1.29, 1.82) is 0 Å². The molecule has 0 aliphatic carbocycles. The van der Waals surface area contributed by atoms with E-state index in [1.54, 1.807) is 13.8 Å². The van der Waals surface area contributed by atoms with Crippen molar-refractivity contribution in [1.82, 2.24) is 10.2 Å². The summed E-state index contributed by atoms with van der Waals surface area (Å²) in [6.45, 7) is 3.72. The van der Waals surface area contributed by atoms with Crippen LogP contribution in [0.15, 0.2) is 0 Å². The largest absolute Gasteiger partial charge is 0.481 e. The molecule has 110 valence electrons. The minimum absolute atomic E-state index is 0.0176. The molecule has 0 aromatic heterocycles. The smallest absolute Gasteiger partial charge is 0.317 e. The molecule has 0 spiro atoms. The lowest BCUT2D eigenvalue weighted by atomic mass is 10.1. The zero-order valence-corrected chi connectivity index (χ0v) is 11.9. The van der Waals surface area contributed by atoms with E-state index in [2.05, 4.69) is 5.32 Å². The van der Waals surface area contributed by atoms with E-state index in [9.17, 15) is 18.0 Å². The zero-order valence-electron chi connectivity index (χ0n) is 11.1. The fourth-order valence-corrected chi connectivity index (χ4v) is 3.48. The van der Waals surface area contributed by atoms with Crippen LogP contribution in [0.25, 0.3) is 0 Å². The molecule has 1 aliphatic heterocycles. The van der Waals surface area contributed by atoms with Crippen molar-refractivity contribution in [2.45, 2.75) is 26.3 Å². The van der Waals surface area contributed by atoms with Crippen LogP contribution in [0.2, 0.25) is 0 Å². The number of hydrogen-bond acceptors (Lipinski definition) is 4. The Balaban J connectivity index is 2.40. The summed E-state index contributed by atoms with van der Waals surface area (Å²) in [4.78, 5) is 23.9. The van der Waals surface area contributed by atoms with E-state index in [4.69, 9.17) is 5.11 Å². The molecular weight excluding hydrogens is 272 g/mol. The maximum Gasteiger partial charge on any atom is 0.317 e. The number of urea groups is 1. The minimum Gasteiger partial charge on any atom is -0.481 e. The number of carbonyl (C=O) groups excluding carboxylic acids is 1. The highest BCUT2D eigenvalue weighted by molar-refractivity contribution is 7.91. The van der Waals surface area contributed by atoms with Crippen molar-refractivity contribution in [2.75, 3.05) is 24.6 Å². The summed E-state index contributed by atoms with van der Waals surface area (Å²) in [5.41, 5.74) is 0. The number of carbonyl (C=O) groups is 2. The van der Waals surface area contributed by atoms with Crippen molar-refractivity contribution in [3.63, 3.8) is 0 Å². The van der Waals surface area contributed by atoms with Crippen molar-refractivity contribution >= 4 is 21.8 Å². The lowest BCUT2D eigenvalue weighted by Gasteiger charge is -2.33. The van der Waals surface area contributed by atoms with E-state index in [0.717, 1.165) is 0 Å². The van der Waals surface area contributed by atoms with Gasteiger partial charge in [-0.1, -0.05) is 6.92 Å². The number of amides is 2. The van der Waals surface area contributed by atoms with E-state index in [-0.39, 0.29) is 36.7 Å². The summed E-state index contributed by atoms with van der Waals surface area (Å²) in [6.07, 6.45) is 0.349. The van der Waals surface area contributed by atoms with Gasteiger partial charge in [0.1, 0.15) is 0 Å². The van der Waals surface area contributed by atoms with Crippen LogP contribution in [0, 0.1) is 5.92 Å². The Morgan fingerprint density at radius 2 is 2.11 bits per heavy atom. The van der Waals surface area contributed by atoms with Crippen molar-refractivity contribution in [3.05, 3.63) is 0 Å². The first-order chi connectivity index (χ1) is 8.73. The first-order valence-corrected chi connectivity index (χ1v) is 8.03. The average Bonchev–Trinajstić information content (AvgIpc) is 2.27. The fourth-order valence-electron chi connectivity index (χ4n) is 1.92. The number of sulfone groups is 1. The molecule has 0 saturated carbocycles. The second-order valence-corrected chi connectivity index (χ2v) is 7.15.